The number of ether oxygens (including phenoxy) is 2. The van der Waals surface area contributed by atoms with E-state index in [2.05, 4.69) is 5.32 Å². The maximum absolute atomic E-state index is 12.4. The van der Waals surface area contributed by atoms with E-state index in [4.69, 9.17) is 9.47 Å². The highest BCUT2D eigenvalue weighted by molar-refractivity contribution is 6.01. The number of cyclic esters (lactones) is 1. The van der Waals surface area contributed by atoms with Crippen LogP contribution in [0.5, 0.6) is 5.75 Å². The van der Waals surface area contributed by atoms with Crippen LogP contribution in [0.1, 0.15) is 12.8 Å². The standard InChI is InChI=1S/C18H23N3O5/c1-25-15-6-3-2-5-14(15)21-12-13(11-16(21)22)17(23)19-7-9-20-8-4-10-26-18(20)24/h2-3,5-6,13H,4,7-12H2,1H3,(H,19,23). The van der Waals surface area contributed by atoms with Gasteiger partial charge in [-0.2, -0.15) is 0 Å². The number of rotatable bonds is 6. The summed E-state index contributed by atoms with van der Waals surface area (Å²) in [6, 6.07) is 7.25. The fourth-order valence-corrected chi connectivity index (χ4v) is 3.23. The average Bonchev–Trinajstić information content (AvgIpc) is 3.05. The predicted octanol–water partition coefficient (Wildman–Crippen LogP) is 1.01. The van der Waals surface area contributed by atoms with E-state index in [9.17, 15) is 14.4 Å². The number of hydrogen-bond donors (Lipinski definition) is 1. The summed E-state index contributed by atoms with van der Waals surface area (Å²) in [7, 11) is 1.55. The van der Waals surface area contributed by atoms with Crippen LogP contribution >= 0.6 is 0 Å². The second-order valence-corrected chi connectivity index (χ2v) is 6.32. The molecule has 0 bridgehead atoms. The van der Waals surface area contributed by atoms with Crippen LogP contribution < -0.4 is 15.0 Å². The number of nitrogens with one attached hydrogen (secondary N) is 1. The molecule has 1 atom stereocenters. The molecule has 2 heterocycles. The Balaban J connectivity index is 1.53. The highest BCUT2D eigenvalue weighted by atomic mass is 16.6. The van der Waals surface area contributed by atoms with Gasteiger partial charge >= 0.3 is 6.09 Å². The summed E-state index contributed by atoms with van der Waals surface area (Å²) in [4.78, 5) is 39.5. The molecular weight excluding hydrogens is 338 g/mol. The number of methoxy groups -OCH3 is 1. The molecule has 1 N–H and O–H groups in total. The third-order valence-electron chi connectivity index (χ3n) is 4.61. The van der Waals surface area contributed by atoms with Crippen LogP contribution in [0.15, 0.2) is 24.3 Å². The van der Waals surface area contributed by atoms with Gasteiger partial charge in [-0.3, -0.25) is 9.59 Å². The highest BCUT2D eigenvalue weighted by Gasteiger charge is 2.36. The van der Waals surface area contributed by atoms with Gasteiger partial charge in [0.2, 0.25) is 11.8 Å². The number of hydrogen-bond acceptors (Lipinski definition) is 5. The van der Waals surface area contributed by atoms with Gasteiger partial charge in [-0.1, -0.05) is 12.1 Å². The quantitative estimate of drug-likeness (QED) is 0.817. The number of carbonyl (C=O) groups excluding carboxylic acids is 3. The van der Waals surface area contributed by atoms with Crippen molar-refractivity contribution in [2.24, 2.45) is 5.92 Å². The summed E-state index contributed by atoms with van der Waals surface area (Å²) in [6.45, 7) is 2.15. The van der Waals surface area contributed by atoms with E-state index in [1.807, 2.05) is 12.1 Å². The first-order chi connectivity index (χ1) is 12.6. The molecule has 2 aliphatic heterocycles. The van der Waals surface area contributed by atoms with Gasteiger partial charge in [-0.05, 0) is 18.6 Å². The smallest absolute Gasteiger partial charge is 0.409 e. The lowest BCUT2D eigenvalue weighted by atomic mass is 10.1. The summed E-state index contributed by atoms with van der Waals surface area (Å²) in [5.41, 5.74) is 0.673. The topological polar surface area (TPSA) is 88.2 Å². The van der Waals surface area contributed by atoms with Crippen molar-refractivity contribution in [2.45, 2.75) is 12.8 Å². The zero-order valence-electron chi connectivity index (χ0n) is 14.8. The van der Waals surface area contributed by atoms with E-state index in [1.165, 1.54) is 0 Å². The fourth-order valence-electron chi connectivity index (χ4n) is 3.23. The van der Waals surface area contributed by atoms with E-state index < -0.39 is 5.92 Å². The molecule has 1 aromatic rings. The summed E-state index contributed by atoms with van der Waals surface area (Å²) >= 11 is 0. The molecule has 2 aliphatic rings. The Kier molecular flexibility index (Phi) is 5.60. The molecule has 3 amide bonds. The Morgan fingerprint density at radius 2 is 2.15 bits per heavy atom. The third-order valence-corrected chi connectivity index (χ3v) is 4.61. The van der Waals surface area contributed by atoms with Crippen molar-refractivity contribution in [2.75, 3.05) is 44.8 Å². The molecule has 3 rings (SSSR count). The molecule has 8 heteroatoms. The molecule has 0 saturated carbocycles. The van der Waals surface area contributed by atoms with Crippen LogP contribution in [0.4, 0.5) is 10.5 Å². The second-order valence-electron chi connectivity index (χ2n) is 6.32. The second kappa shape index (κ2) is 8.07. The largest absolute Gasteiger partial charge is 0.495 e. The molecule has 1 unspecified atom stereocenters. The Morgan fingerprint density at radius 1 is 1.35 bits per heavy atom. The Bertz CT molecular complexity index is 693. The molecular formula is C18H23N3O5. The molecule has 8 nitrogen and oxygen atoms in total. The van der Waals surface area contributed by atoms with Gasteiger partial charge < -0.3 is 24.6 Å². The number of amides is 3. The Hall–Kier alpha value is -2.77. The van der Waals surface area contributed by atoms with Gasteiger partial charge in [0, 0.05) is 32.6 Å². The lowest BCUT2D eigenvalue weighted by Crippen LogP contribution is -2.43. The van der Waals surface area contributed by atoms with Crippen LogP contribution in [0.25, 0.3) is 0 Å². The molecule has 1 aromatic carbocycles. The molecule has 0 spiro atoms. The molecule has 0 radical (unpaired) electrons. The molecule has 2 fully saturated rings. The van der Waals surface area contributed by atoms with Crippen LogP contribution in [0.3, 0.4) is 0 Å². The summed E-state index contributed by atoms with van der Waals surface area (Å²) in [5, 5.41) is 2.82. The predicted molar refractivity (Wildman–Crippen MR) is 94.0 cm³/mol. The molecule has 2 saturated heterocycles. The van der Waals surface area contributed by atoms with E-state index in [0.29, 0.717) is 44.2 Å². The maximum Gasteiger partial charge on any atom is 0.409 e. The van der Waals surface area contributed by atoms with E-state index in [1.54, 1.807) is 29.0 Å². The van der Waals surface area contributed by atoms with E-state index in [-0.39, 0.29) is 24.3 Å². The SMILES string of the molecule is COc1ccccc1N1CC(C(=O)NCCN2CCCOC2=O)CC1=O. The summed E-state index contributed by atoms with van der Waals surface area (Å²) in [6.07, 6.45) is 0.615. The third kappa shape index (κ3) is 3.89. The number of anilines is 1. The lowest BCUT2D eigenvalue weighted by Gasteiger charge is -2.26. The van der Waals surface area contributed by atoms with Crippen molar-refractivity contribution in [3.63, 3.8) is 0 Å². The fraction of sp³-hybridized carbons (Fsp3) is 0.500. The van der Waals surface area contributed by atoms with Crippen LogP contribution in [0.2, 0.25) is 0 Å². The van der Waals surface area contributed by atoms with Gasteiger partial charge in [0.25, 0.3) is 0 Å². The van der Waals surface area contributed by atoms with Crippen molar-refractivity contribution < 1.29 is 23.9 Å². The van der Waals surface area contributed by atoms with Gasteiger partial charge in [-0.15, -0.1) is 0 Å². The zero-order valence-corrected chi connectivity index (χ0v) is 14.8. The van der Waals surface area contributed by atoms with Gasteiger partial charge in [0.05, 0.1) is 25.3 Å². The minimum absolute atomic E-state index is 0.103. The summed E-state index contributed by atoms with van der Waals surface area (Å²) < 4.78 is 10.3. The van der Waals surface area contributed by atoms with Crippen molar-refractivity contribution in [1.29, 1.82) is 0 Å². The van der Waals surface area contributed by atoms with Crippen molar-refractivity contribution >= 4 is 23.6 Å². The summed E-state index contributed by atoms with van der Waals surface area (Å²) in [5.74, 6) is -0.0957. The minimum Gasteiger partial charge on any atom is -0.495 e. The Morgan fingerprint density at radius 3 is 2.92 bits per heavy atom. The van der Waals surface area contributed by atoms with Gasteiger partial charge in [-0.25, -0.2) is 4.79 Å². The normalized spacial score (nSPS) is 20.1. The number of carbonyl (C=O) groups is 3. The van der Waals surface area contributed by atoms with E-state index in [0.717, 1.165) is 6.42 Å². The molecule has 140 valence electrons. The van der Waals surface area contributed by atoms with E-state index >= 15 is 0 Å². The van der Waals surface area contributed by atoms with Crippen molar-refractivity contribution in [3.8, 4) is 5.75 Å². The number of benzene rings is 1. The first-order valence-corrected chi connectivity index (χ1v) is 8.73. The van der Waals surface area contributed by atoms with Gasteiger partial charge in [0.15, 0.2) is 0 Å². The molecule has 0 aliphatic carbocycles. The van der Waals surface area contributed by atoms with Crippen LogP contribution in [-0.4, -0.2) is 62.7 Å². The molecule has 0 aromatic heterocycles. The van der Waals surface area contributed by atoms with Crippen LogP contribution in [0, 0.1) is 5.92 Å². The highest BCUT2D eigenvalue weighted by Crippen LogP contribution is 2.32. The molecule has 26 heavy (non-hydrogen) atoms. The Labute approximate surface area is 152 Å². The van der Waals surface area contributed by atoms with Crippen molar-refractivity contribution in [1.82, 2.24) is 10.2 Å². The van der Waals surface area contributed by atoms with Gasteiger partial charge in [0.1, 0.15) is 5.75 Å². The number of nitrogens with zero attached hydrogens (tertiary/aromatic N) is 2. The monoisotopic (exact) mass is 361 g/mol. The first-order valence-electron chi connectivity index (χ1n) is 8.73. The number of para-hydroxylation sites is 2. The lowest BCUT2D eigenvalue weighted by molar-refractivity contribution is -0.126. The first kappa shape index (κ1) is 18.0. The zero-order chi connectivity index (χ0) is 18.5. The average molecular weight is 361 g/mol. The minimum atomic E-state index is -0.416. The maximum atomic E-state index is 12.4. The van der Waals surface area contributed by atoms with Crippen molar-refractivity contribution in [3.05, 3.63) is 24.3 Å². The van der Waals surface area contributed by atoms with Crippen LogP contribution in [-0.2, 0) is 14.3 Å².